The topological polar surface area (TPSA) is 63.5 Å². The second kappa shape index (κ2) is 9.38. The van der Waals surface area contributed by atoms with Gasteiger partial charge in [-0.1, -0.05) is 0 Å². The Bertz CT molecular complexity index is 350. The molecule has 1 aromatic heterocycles. The van der Waals surface area contributed by atoms with Crippen LogP contribution in [0.15, 0.2) is 23.5 Å². The highest BCUT2D eigenvalue weighted by molar-refractivity contribution is 5.80. The Balaban J connectivity index is 2.31. The van der Waals surface area contributed by atoms with Crippen molar-refractivity contribution in [2.75, 3.05) is 26.8 Å². The van der Waals surface area contributed by atoms with Gasteiger partial charge in [-0.05, 0) is 26.3 Å². The second-order valence-electron chi connectivity index (χ2n) is 4.38. The van der Waals surface area contributed by atoms with Gasteiger partial charge in [-0.2, -0.15) is 5.10 Å². The third-order valence-electron chi connectivity index (χ3n) is 2.52. The van der Waals surface area contributed by atoms with Gasteiger partial charge in [-0.15, -0.1) is 0 Å². The quantitative estimate of drug-likeness (QED) is 0.417. The molecule has 0 radical (unpaired) electrons. The van der Waals surface area contributed by atoms with E-state index >= 15 is 0 Å². The smallest absolute Gasteiger partial charge is 0.191 e. The third kappa shape index (κ3) is 6.81. The van der Waals surface area contributed by atoms with E-state index in [1.165, 1.54) is 0 Å². The van der Waals surface area contributed by atoms with Gasteiger partial charge in [0.15, 0.2) is 5.96 Å². The van der Waals surface area contributed by atoms with Gasteiger partial charge in [0.25, 0.3) is 0 Å². The molecule has 19 heavy (non-hydrogen) atoms. The zero-order valence-corrected chi connectivity index (χ0v) is 12.1. The molecule has 1 atom stereocenters. The van der Waals surface area contributed by atoms with Gasteiger partial charge in [0.05, 0.1) is 6.61 Å². The fourth-order valence-corrected chi connectivity index (χ4v) is 1.70. The van der Waals surface area contributed by atoms with E-state index in [0.717, 1.165) is 32.0 Å². The van der Waals surface area contributed by atoms with Crippen molar-refractivity contribution in [3.63, 3.8) is 0 Å². The number of rotatable bonds is 8. The number of hydrogen-bond acceptors (Lipinski definition) is 3. The molecule has 6 nitrogen and oxygen atoms in total. The van der Waals surface area contributed by atoms with Crippen molar-refractivity contribution in [3.05, 3.63) is 18.5 Å². The molecule has 0 fully saturated rings. The van der Waals surface area contributed by atoms with Gasteiger partial charge in [0.1, 0.15) is 0 Å². The number of guanidine groups is 1. The normalized spacial score (nSPS) is 13.3. The molecule has 108 valence electrons. The molecule has 1 aromatic rings. The first kappa shape index (κ1) is 15.5. The van der Waals surface area contributed by atoms with Gasteiger partial charge in [0.2, 0.25) is 0 Å². The number of nitrogens with zero attached hydrogens (tertiary/aromatic N) is 3. The second-order valence-corrected chi connectivity index (χ2v) is 4.38. The Morgan fingerprint density at radius 2 is 2.37 bits per heavy atom. The minimum atomic E-state index is 0.244. The summed E-state index contributed by atoms with van der Waals surface area (Å²) in [6, 6.07) is 2.18. The molecule has 1 unspecified atom stereocenters. The van der Waals surface area contributed by atoms with Gasteiger partial charge in [-0.25, -0.2) is 0 Å². The minimum Gasteiger partial charge on any atom is -0.383 e. The number of methoxy groups -OCH3 is 1. The first-order valence-corrected chi connectivity index (χ1v) is 6.77. The van der Waals surface area contributed by atoms with Gasteiger partial charge >= 0.3 is 0 Å². The van der Waals surface area contributed by atoms with E-state index in [1.807, 2.05) is 16.9 Å². The van der Waals surface area contributed by atoms with Crippen LogP contribution in [-0.2, 0) is 11.3 Å². The average molecular weight is 267 g/mol. The maximum Gasteiger partial charge on any atom is 0.191 e. The largest absolute Gasteiger partial charge is 0.383 e. The lowest BCUT2D eigenvalue weighted by Gasteiger charge is -2.16. The summed E-state index contributed by atoms with van der Waals surface area (Å²) in [4.78, 5) is 4.53. The lowest BCUT2D eigenvalue weighted by atomic mass is 10.4. The van der Waals surface area contributed by atoms with Crippen LogP contribution < -0.4 is 10.6 Å². The van der Waals surface area contributed by atoms with Crippen molar-refractivity contribution >= 4 is 5.96 Å². The van der Waals surface area contributed by atoms with Crippen molar-refractivity contribution < 1.29 is 4.74 Å². The predicted octanol–water partition coefficient (Wildman–Crippen LogP) is 0.863. The van der Waals surface area contributed by atoms with Crippen LogP contribution in [0.4, 0.5) is 0 Å². The molecule has 0 aliphatic heterocycles. The number of aromatic nitrogens is 2. The molecule has 0 saturated carbocycles. The van der Waals surface area contributed by atoms with Crippen molar-refractivity contribution in [1.82, 2.24) is 20.4 Å². The van der Waals surface area contributed by atoms with Gasteiger partial charge in [-0.3, -0.25) is 9.67 Å². The van der Waals surface area contributed by atoms with Crippen LogP contribution in [0.1, 0.15) is 20.3 Å². The summed E-state index contributed by atoms with van der Waals surface area (Å²) in [6.07, 6.45) is 4.73. The molecule has 6 heteroatoms. The first-order valence-electron chi connectivity index (χ1n) is 6.77. The van der Waals surface area contributed by atoms with Crippen LogP contribution in [-0.4, -0.2) is 48.6 Å². The van der Waals surface area contributed by atoms with Crippen LogP contribution in [0.3, 0.4) is 0 Å². The summed E-state index contributed by atoms with van der Waals surface area (Å²) in [5.41, 5.74) is 0. The van der Waals surface area contributed by atoms with Crippen molar-refractivity contribution in [3.8, 4) is 0 Å². The summed E-state index contributed by atoms with van der Waals surface area (Å²) in [5, 5.41) is 10.7. The Morgan fingerprint density at radius 3 is 3.00 bits per heavy atom. The van der Waals surface area contributed by atoms with E-state index in [0.29, 0.717) is 6.61 Å². The fraction of sp³-hybridized carbons (Fsp3) is 0.692. The number of nitrogens with one attached hydrogen (secondary N) is 2. The minimum absolute atomic E-state index is 0.244. The zero-order valence-electron chi connectivity index (χ0n) is 12.1. The summed E-state index contributed by atoms with van der Waals surface area (Å²) >= 11 is 0. The molecule has 0 aliphatic carbocycles. The van der Waals surface area contributed by atoms with E-state index in [9.17, 15) is 0 Å². The molecular formula is C13H25N5O. The van der Waals surface area contributed by atoms with Crippen LogP contribution in [0.25, 0.3) is 0 Å². The summed E-state index contributed by atoms with van der Waals surface area (Å²) in [6.45, 7) is 7.31. The number of ether oxygens (including phenoxy) is 1. The molecular weight excluding hydrogens is 242 g/mol. The lowest BCUT2D eigenvalue weighted by molar-refractivity contribution is 0.179. The Labute approximate surface area is 115 Å². The molecule has 0 aromatic carbocycles. The van der Waals surface area contributed by atoms with Crippen molar-refractivity contribution in [2.45, 2.75) is 32.9 Å². The SMILES string of the molecule is CCNC(=NCCCn1cccn1)NC(C)COC. The van der Waals surface area contributed by atoms with Crippen molar-refractivity contribution in [2.24, 2.45) is 4.99 Å². The zero-order chi connectivity index (χ0) is 13.9. The number of aliphatic imine (C=N–C) groups is 1. The summed E-state index contributed by atoms with van der Waals surface area (Å²) in [5.74, 6) is 0.840. The maximum absolute atomic E-state index is 5.10. The number of hydrogen-bond donors (Lipinski definition) is 2. The first-order chi connectivity index (χ1) is 9.26. The summed E-state index contributed by atoms with van der Waals surface area (Å²) < 4.78 is 7.02. The highest BCUT2D eigenvalue weighted by atomic mass is 16.5. The van der Waals surface area contributed by atoms with E-state index < -0.39 is 0 Å². The maximum atomic E-state index is 5.10. The molecule has 1 heterocycles. The van der Waals surface area contributed by atoms with E-state index in [2.05, 4.69) is 34.6 Å². The monoisotopic (exact) mass is 267 g/mol. The highest BCUT2D eigenvalue weighted by Crippen LogP contribution is 1.91. The Kier molecular flexibility index (Phi) is 7.65. The molecule has 0 bridgehead atoms. The van der Waals surface area contributed by atoms with E-state index in [1.54, 1.807) is 13.3 Å². The van der Waals surface area contributed by atoms with E-state index in [-0.39, 0.29) is 6.04 Å². The lowest BCUT2D eigenvalue weighted by Crippen LogP contribution is -2.44. The highest BCUT2D eigenvalue weighted by Gasteiger charge is 2.03. The third-order valence-corrected chi connectivity index (χ3v) is 2.52. The molecule has 0 aliphatic rings. The Hall–Kier alpha value is -1.56. The van der Waals surface area contributed by atoms with Crippen LogP contribution in [0.5, 0.6) is 0 Å². The fourth-order valence-electron chi connectivity index (χ4n) is 1.70. The van der Waals surface area contributed by atoms with Crippen LogP contribution in [0, 0.1) is 0 Å². The van der Waals surface area contributed by atoms with E-state index in [4.69, 9.17) is 4.74 Å². The van der Waals surface area contributed by atoms with Gasteiger partial charge in [0, 0.05) is 45.2 Å². The molecule has 1 rings (SSSR count). The summed E-state index contributed by atoms with van der Waals surface area (Å²) in [7, 11) is 1.70. The van der Waals surface area contributed by atoms with Crippen LogP contribution >= 0.6 is 0 Å². The average Bonchev–Trinajstić information content (AvgIpc) is 2.88. The number of aryl methyl sites for hydroxylation is 1. The molecule has 0 spiro atoms. The molecule has 0 saturated heterocycles. The Morgan fingerprint density at radius 1 is 1.53 bits per heavy atom. The van der Waals surface area contributed by atoms with Crippen molar-refractivity contribution in [1.29, 1.82) is 0 Å². The predicted molar refractivity (Wildman–Crippen MR) is 77.3 cm³/mol. The molecule has 0 amide bonds. The standard InChI is InChI=1S/C13H25N5O/c1-4-14-13(17-12(2)11-19-3)15-7-5-9-18-10-6-8-16-18/h6,8,10,12H,4-5,7,9,11H2,1-3H3,(H2,14,15,17). The van der Waals surface area contributed by atoms with Crippen LogP contribution in [0.2, 0.25) is 0 Å². The molecule has 2 N–H and O–H groups in total. The van der Waals surface area contributed by atoms with Gasteiger partial charge < -0.3 is 15.4 Å².